The lowest BCUT2D eigenvalue weighted by Gasteiger charge is -2.22. The number of rotatable bonds is 10. The number of benzene rings is 2. The van der Waals surface area contributed by atoms with Crippen molar-refractivity contribution in [1.82, 2.24) is 15.1 Å². The van der Waals surface area contributed by atoms with Crippen LogP contribution < -0.4 is 10.1 Å². The Morgan fingerprint density at radius 3 is 2.79 bits per heavy atom. The van der Waals surface area contributed by atoms with Crippen LogP contribution in [0.2, 0.25) is 4.34 Å². The zero-order valence-electron chi connectivity index (χ0n) is 21.2. The van der Waals surface area contributed by atoms with Gasteiger partial charge < -0.3 is 14.8 Å². The molecule has 39 heavy (non-hydrogen) atoms. The van der Waals surface area contributed by atoms with Crippen molar-refractivity contribution in [2.75, 3.05) is 26.9 Å². The lowest BCUT2D eigenvalue weighted by Crippen LogP contribution is -2.46. The van der Waals surface area contributed by atoms with E-state index in [-0.39, 0.29) is 34.0 Å². The highest BCUT2D eigenvalue weighted by molar-refractivity contribution is 7.92. The number of nitrogens with one attached hydrogen (secondary N) is 1. The predicted molar refractivity (Wildman–Crippen MR) is 148 cm³/mol. The first-order valence-corrected chi connectivity index (χ1v) is 15.2. The first-order valence-electron chi connectivity index (χ1n) is 12.4. The topological polar surface area (TPSA) is 99.5 Å². The van der Waals surface area contributed by atoms with Gasteiger partial charge in [-0.15, -0.1) is 11.3 Å². The molecule has 12 heteroatoms. The normalized spacial score (nSPS) is 16.0. The number of halogens is 2. The van der Waals surface area contributed by atoms with E-state index in [1.54, 1.807) is 4.68 Å². The Hall–Kier alpha value is -2.83. The van der Waals surface area contributed by atoms with Gasteiger partial charge in [-0.05, 0) is 29.7 Å². The minimum atomic E-state index is -3.75. The molecule has 1 unspecified atom stereocenters. The number of morpholine rings is 1. The minimum absolute atomic E-state index is 0.110. The van der Waals surface area contributed by atoms with Gasteiger partial charge in [-0.3, -0.25) is 9.48 Å². The molecule has 206 valence electrons. The van der Waals surface area contributed by atoms with Crippen LogP contribution in [0.4, 0.5) is 4.39 Å². The second-order valence-corrected chi connectivity index (χ2v) is 13.2. The predicted octanol–water partition coefficient (Wildman–Crippen LogP) is 4.41. The Bertz CT molecular complexity index is 1610. The van der Waals surface area contributed by atoms with Gasteiger partial charge >= 0.3 is 0 Å². The minimum Gasteiger partial charge on any atom is -0.496 e. The first kappa shape index (κ1) is 27.7. The number of aromatic nitrogens is 2. The third kappa shape index (κ3) is 6.33. The summed E-state index contributed by atoms with van der Waals surface area (Å²) in [5.74, 6) is -0.597. The van der Waals surface area contributed by atoms with Crippen LogP contribution in [0, 0.1) is 5.82 Å². The molecule has 0 amide bonds. The molecule has 0 spiro atoms. The van der Waals surface area contributed by atoms with Crippen molar-refractivity contribution in [3.63, 3.8) is 0 Å². The van der Waals surface area contributed by atoms with Crippen molar-refractivity contribution in [2.24, 2.45) is 0 Å². The molecule has 0 saturated carbocycles. The Kier molecular flexibility index (Phi) is 8.34. The lowest BCUT2D eigenvalue weighted by atomic mass is 10.0. The van der Waals surface area contributed by atoms with Crippen LogP contribution in [0.5, 0.6) is 5.75 Å². The van der Waals surface area contributed by atoms with Crippen LogP contribution in [-0.4, -0.2) is 56.9 Å². The van der Waals surface area contributed by atoms with Crippen molar-refractivity contribution in [3.8, 4) is 5.75 Å². The highest BCUT2D eigenvalue weighted by Gasteiger charge is 2.25. The van der Waals surface area contributed by atoms with Crippen molar-refractivity contribution < 1.29 is 27.1 Å². The lowest BCUT2D eigenvalue weighted by molar-refractivity contribution is -0.123. The molecule has 1 atom stereocenters. The van der Waals surface area contributed by atoms with E-state index in [1.807, 2.05) is 24.3 Å². The molecule has 2 aromatic heterocycles. The number of fused-ring (bicyclic) bond motifs is 1. The summed E-state index contributed by atoms with van der Waals surface area (Å²) < 4.78 is 53.6. The third-order valence-electron chi connectivity index (χ3n) is 6.55. The molecule has 1 saturated heterocycles. The third-order valence-corrected chi connectivity index (χ3v) is 9.99. The number of ketones is 1. The Morgan fingerprint density at radius 2 is 2.08 bits per heavy atom. The van der Waals surface area contributed by atoms with Gasteiger partial charge in [-0.2, -0.15) is 5.10 Å². The van der Waals surface area contributed by atoms with Gasteiger partial charge in [0.05, 0.1) is 53.8 Å². The highest BCUT2D eigenvalue weighted by atomic mass is 35.5. The monoisotopic (exact) mass is 591 g/mol. The van der Waals surface area contributed by atoms with Gasteiger partial charge in [0.25, 0.3) is 0 Å². The van der Waals surface area contributed by atoms with Crippen LogP contribution in [0.15, 0.2) is 52.7 Å². The molecule has 1 aliphatic rings. The maximum atomic E-state index is 14.5. The summed E-state index contributed by atoms with van der Waals surface area (Å²) in [5, 5.41) is 8.23. The van der Waals surface area contributed by atoms with Gasteiger partial charge in [-0.1, -0.05) is 35.9 Å². The standard InChI is InChI=1S/C27H27ClFN3O5S2/c1-36-24-13-19(29)12-22-27(24)21(16-39(34,35)26-8-7-25(28)38-26)31-32(22)14-18-4-2-3-17(11-18)5-6-23(33)20-15-37-10-9-30-20/h2-4,7-8,11-13,20,30H,5-6,9-10,14-16H2,1H3. The highest BCUT2D eigenvalue weighted by Crippen LogP contribution is 2.34. The van der Waals surface area contributed by atoms with Crippen molar-refractivity contribution in [1.29, 1.82) is 0 Å². The summed E-state index contributed by atoms with van der Waals surface area (Å²) in [7, 11) is -2.34. The van der Waals surface area contributed by atoms with Crippen LogP contribution in [0.1, 0.15) is 23.2 Å². The number of aryl methyl sites for hydroxylation is 1. The number of thiophene rings is 1. The largest absolute Gasteiger partial charge is 0.496 e. The molecule has 1 N–H and O–H groups in total. The average Bonchev–Trinajstić information content (AvgIpc) is 3.51. The Morgan fingerprint density at radius 1 is 1.26 bits per heavy atom. The number of methoxy groups -OCH3 is 1. The second-order valence-electron chi connectivity index (χ2n) is 9.29. The molecule has 0 bridgehead atoms. The molecule has 4 aromatic rings. The van der Waals surface area contributed by atoms with Gasteiger partial charge in [0.2, 0.25) is 0 Å². The molecule has 1 aliphatic heterocycles. The molecule has 5 rings (SSSR count). The van der Waals surface area contributed by atoms with E-state index in [9.17, 15) is 17.6 Å². The van der Waals surface area contributed by atoms with Crippen LogP contribution in [-0.2, 0) is 38.1 Å². The van der Waals surface area contributed by atoms with E-state index in [0.717, 1.165) is 22.5 Å². The van der Waals surface area contributed by atoms with Gasteiger partial charge in [-0.25, -0.2) is 12.8 Å². The quantitative estimate of drug-likeness (QED) is 0.292. The molecule has 1 fully saturated rings. The molecule has 0 aliphatic carbocycles. The summed E-state index contributed by atoms with van der Waals surface area (Å²) in [4.78, 5) is 12.5. The van der Waals surface area contributed by atoms with E-state index < -0.39 is 21.4 Å². The average molecular weight is 592 g/mol. The number of hydrogen-bond donors (Lipinski definition) is 1. The summed E-state index contributed by atoms with van der Waals surface area (Å²) in [6, 6.07) is 13.0. The fourth-order valence-corrected chi connectivity index (χ4v) is 7.53. The fourth-order valence-electron chi connectivity index (χ4n) is 4.68. The number of sulfone groups is 1. The smallest absolute Gasteiger partial charge is 0.193 e. The number of nitrogens with zero attached hydrogens (tertiary/aromatic N) is 2. The summed E-state index contributed by atoms with van der Waals surface area (Å²) in [6.07, 6.45) is 0.951. The van der Waals surface area contributed by atoms with Crippen LogP contribution in [0.3, 0.4) is 0 Å². The van der Waals surface area contributed by atoms with Gasteiger partial charge in [0, 0.05) is 25.1 Å². The van der Waals surface area contributed by atoms with E-state index in [4.69, 9.17) is 21.1 Å². The van der Waals surface area contributed by atoms with Crippen molar-refractivity contribution >= 4 is 49.5 Å². The summed E-state index contributed by atoms with van der Waals surface area (Å²) >= 11 is 6.94. The maximum absolute atomic E-state index is 14.5. The Labute approximate surface area is 234 Å². The SMILES string of the molecule is COc1cc(F)cc2c1c(CS(=O)(=O)c1ccc(Cl)s1)nn2Cc1cccc(CCC(=O)C2COCCN2)c1. The first-order chi connectivity index (χ1) is 18.7. The molecule has 2 aromatic carbocycles. The number of ether oxygens (including phenoxy) is 2. The van der Waals surface area contributed by atoms with E-state index in [0.29, 0.717) is 47.8 Å². The maximum Gasteiger partial charge on any atom is 0.193 e. The van der Waals surface area contributed by atoms with E-state index >= 15 is 0 Å². The number of hydrogen-bond acceptors (Lipinski definition) is 8. The number of Topliss-reactive ketones (excluding diaryl/α,β-unsaturated/α-hetero) is 1. The number of carbonyl (C=O) groups is 1. The number of carbonyl (C=O) groups excluding carboxylic acids is 1. The fraction of sp³-hybridized carbons (Fsp3) is 0.333. The van der Waals surface area contributed by atoms with Gasteiger partial charge in [0.1, 0.15) is 21.5 Å². The van der Waals surface area contributed by atoms with E-state index in [1.165, 1.54) is 31.4 Å². The molecule has 8 nitrogen and oxygen atoms in total. The van der Waals surface area contributed by atoms with Crippen molar-refractivity contribution in [3.05, 3.63) is 75.5 Å². The second kappa shape index (κ2) is 11.7. The van der Waals surface area contributed by atoms with Gasteiger partial charge in [0.15, 0.2) is 15.6 Å². The summed E-state index contributed by atoms with van der Waals surface area (Å²) in [5.41, 5.74) is 2.54. The van der Waals surface area contributed by atoms with Crippen LogP contribution in [0.25, 0.3) is 10.9 Å². The zero-order chi connectivity index (χ0) is 27.6. The molecular formula is C27H27ClFN3O5S2. The summed E-state index contributed by atoms with van der Waals surface area (Å²) in [6.45, 7) is 1.94. The zero-order valence-corrected chi connectivity index (χ0v) is 23.5. The molecule has 3 heterocycles. The van der Waals surface area contributed by atoms with Crippen molar-refractivity contribution in [2.45, 2.75) is 35.4 Å². The molecular weight excluding hydrogens is 565 g/mol. The van der Waals surface area contributed by atoms with Crippen LogP contribution >= 0.6 is 22.9 Å². The van der Waals surface area contributed by atoms with E-state index in [2.05, 4.69) is 10.4 Å². The molecule has 0 radical (unpaired) electrons. The Balaban J connectivity index is 1.42.